The van der Waals surface area contributed by atoms with Crippen molar-refractivity contribution in [2.75, 3.05) is 5.32 Å². The molecule has 7 heteroatoms. The van der Waals surface area contributed by atoms with Crippen LogP contribution >= 0.6 is 0 Å². The Morgan fingerprint density at radius 1 is 1.21 bits per heavy atom. The molecule has 0 saturated heterocycles. The van der Waals surface area contributed by atoms with Crippen molar-refractivity contribution in [3.05, 3.63) is 83.3 Å². The number of halogens is 1. The van der Waals surface area contributed by atoms with Gasteiger partial charge in [0.25, 0.3) is 5.91 Å². The molecule has 6 nitrogen and oxygen atoms in total. The number of nitrogens with zero attached hydrogens (tertiary/aromatic N) is 3. The van der Waals surface area contributed by atoms with Crippen LogP contribution in [0.4, 0.5) is 10.2 Å². The second-order valence-electron chi connectivity index (χ2n) is 6.66. The zero-order valence-corrected chi connectivity index (χ0v) is 15.3. The average molecular weight is 378 g/mol. The summed E-state index contributed by atoms with van der Waals surface area (Å²) < 4.78 is 14.8. The summed E-state index contributed by atoms with van der Waals surface area (Å²) in [6.45, 7) is 2.68. The van der Waals surface area contributed by atoms with Gasteiger partial charge >= 0.3 is 0 Å². The Kier molecular flexibility index (Phi) is 4.89. The molecule has 0 bridgehead atoms. The molecular formula is C21H19FN4O2. The van der Waals surface area contributed by atoms with E-state index in [0.29, 0.717) is 24.5 Å². The van der Waals surface area contributed by atoms with Crippen LogP contribution < -0.4 is 5.32 Å². The number of nitrogens with one attached hydrogen (secondary N) is 1. The van der Waals surface area contributed by atoms with Crippen LogP contribution in [0.15, 0.2) is 65.9 Å². The van der Waals surface area contributed by atoms with Crippen molar-refractivity contribution >= 4 is 17.4 Å². The van der Waals surface area contributed by atoms with Gasteiger partial charge in [-0.3, -0.25) is 9.48 Å². The number of amides is 1. The average Bonchev–Trinajstić information content (AvgIpc) is 3.34. The number of aryl methyl sites for hydroxylation is 1. The third kappa shape index (κ3) is 3.93. The number of carbonyl (C=O) groups excluding carboxylic acids is 1. The molecule has 2 aromatic carbocycles. The molecule has 0 fully saturated rings. The lowest BCUT2D eigenvalue weighted by Gasteiger charge is -2.08. The van der Waals surface area contributed by atoms with Crippen LogP contribution in [0.5, 0.6) is 0 Å². The molecule has 1 aliphatic rings. The Labute approximate surface area is 161 Å². The molecule has 0 saturated carbocycles. The van der Waals surface area contributed by atoms with E-state index >= 15 is 0 Å². The van der Waals surface area contributed by atoms with Crippen LogP contribution in [0.2, 0.25) is 0 Å². The van der Waals surface area contributed by atoms with Crippen LogP contribution in [0.3, 0.4) is 0 Å². The number of hydrogen-bond donors (Lipinski definition) is 1. The van der Waals surface area contributed by atoms with Crippen LogP contribution in [0, 0.1) is 12.7 Å². The van der Waals surface area contributed by atoms with Crippen molar-refractivity contribution in [2.45, 2.75) is 26.0 Å². The molecule has 4 rings (SSSR count). The Balaban J connectivity index is 1.35. The highest BCUT2D eigenvalue weighted by Crippen LogP contribution is 2.19. The van der Waals surface area contributed by atoms with E-state index in [1.165, 1.54) is 23.3 Å². The number of rotatable bonds is 5. The first-order valence-electron chi connectivity index (χ1n) is 8.96. The fourth-order valence-corrected chi connectivity index (χ4v) is 3.02. The van der Waals surface area contributed by atoms with E-state index in [1.54, 1.807) is 22.9 Å². The van der Waals surface area contributed by atoms with Gasteiger partial charge in [-0.25, -0.2) is 4.39 Å². The van der Waals surface area contributed by atoms with Gasteiger partial charge in [0.15, 0.2) is 5.82 Å². The predicted molar refractivity (Wildman–Crippen MR) is 104 cm³/mol. The highest BCUT2D eigenvalue weighted by Gasteiger charge is 2.29. The van der Waals surface area contributed by atoms with E-state index in [2.05, 4.69) is 34.6 Å². The molecule has 0 aliphatic carbocycles. The zero-order valence-electron chi connectivity index (χ0n) is 15.3. The maximum absolute atomic E-state index is 13.0. The molecule has 0 radical (unpaired) electrons. The van der Waals surface area contributed by atoms with Crippen LogP contribution in [-0.4, -0.2) is 27.5 Å². The first-order valence-corrected chi connectivity index (χ1v) is 8.96. The minimum absolute atomic E-state index is 0.318. The highest BCUT2D eigenvalue weighted by atomic mass is 19.1. The number of oxime groups is 1. The fourth-order valence-electron chi connectivity index (χ4n) is 3.02. The summed E-state index contributed by atoms with van der Waals surface area (Å²) in [5, 5.41) is 11.1. The molecule has 28 heavy (non-hydrogen) atoms. The normalized spacial score (nSPS) is 15.8. The van der Waals surface area contributed by atoms with Crippen LogP contribution in [0.25, 0.3) is 0 Å². The molecular weight excluding hydrogens is 359 g/mol. The van der Waals surface area contributed by atoms with E-state index in [9.17, 15) is 9.18 Å². The molecule has 2 heterocycles. The number of benzene rings is 2. The third-order valence-corrected chi connectivity index (χ3v) is 4.62. The lowest BCUT2D eigenvalue weighted by molar-refractivity contribution is -0.125. The topological polar surface area (TPSA) is 68.5 Å². The molecule has 1 aliphatic heterocycles. The van der Waals surface area contributed by atoms with E-state index in [0.717, 1.165) is 5.56 Å². The first-order chi connectivity index (χ1) is 13.6. The summed E-state index contributed by atoms with van der Waals surface area (Å²) in [5.74, 6) is -0.182. The highest BCUT2D eigenvalue weighted by molar-refractivity contribution is 6.05. The van der Waals surface area contributed by atoms with E-state index in [-0.39, 0.29) is 11.7 Å². The minimum Gasteiger partial charge on any atom is -0.382 e. The molecule has 1 amide bonds. The van der Waals surface area contributed by atoms with Crippen molar-refractivity contribution in [1.82, 2.24) is 9.78 Å². The molecule has 1 aromatic heterocycles. The summed E-state index contributed by atoms with van der Waals surface area (Å²) in [6.07, 6.45) is 1.40. The van der Waals surface area contributed by atoms with Crippen molar-refractivity contribution in [3.8, 4) is 0 Å². The number of aromatic nitrogens is 2. The molecule has 0 spiro atoms. The second-order valence-corrected chi connectivity index (χ2v) is 6.66. The molecule has 1 atom stereocenters. The monoisotopic (exact) mass is 378 g/mol. The lowest BCUT2D eigenvalue weighted by atomic mass is 10.0. The minimum atomic E-state index is -0.735. The van der Waals surface area contributed by atoms with Crippen molar-refractivity contribution in [3.63, 3.8) is 0 Å². The second kappa shape index (κ2) is 7.64. The van der Waals surface area contributed by atoms with Crippen molar-refractivity contribution in [1.29, 1.82) is 0 Å². The SMILES string of the molecule is Cc1ccccc1Cn1ccc(NC(=O)[C@H]2CC(c3ccc(F)cc3)=NO2)n1. The number of hydrogen-bond acceptors (Lipinski definition) is 4. The predicted octanol–water partition coefficient (Wildman–Crippen LogP) is 3.51. The van der Waals surface area contributed by atoms with Gasteiger partial charge in [0.05, 0.1) is 12.3 Å². The summed E-state index contributed by atoms with van der Waals surface area (Å²) in [7, 11) is 0. The molecule has 1 N–H and O–H groups in total. The summed E-state index contributed by atoms with van der Waals surface area (Å²) in [4.78, 5) is 17.7. The van der Waals surface area contributed by atoms with Crippen molar-refractivity contribution in [2.24, 2.45) is 5.16 Å². The Hall–Kier alpha value is -3.48. The van der Waals surface area contributed by atoms with Crippen LogP contribution in [-0.2, 0) is 16.2 Å². The Morgan fingerprint density at radius 2 is 2.00 bits per heavy atom. The van der Waals surface area contributed by atoms with Gasteiger partial charge in [-0.1, -0.05) is 41.6 Å². The Morgan fingerprint density at radius 3 is 2.79 bits per heavy atom. The first kappa shape index (κ1) is 17.9. The number of anilines is 1. The largest absolute Gasteiger partial charge is 0.382 e. The summed E-state index contributed by atoms with van der Waals surface area (Å²) >= 11 is 0. The molecule has 0 unspecified atom stereocenters. The third-order valence-electron chi connectivity index (χ3n) is 4.62. The molecule has 142 valence electrons. The number of carbonyl (C=O) groups is 1. The Bertz CT molecular complexity index is 1030. The van der Waals surface area contributed by atoms with E-state index in [1.807, 2.05) is 18.3 Å². The van der Waals surface area contributed by atoms with Gasteiger partial charge in [0.1, 0.15) is 5.82 Å². The van der Waals surface area contributed by atoms with Gasteiger partial charge in [-0.05, 0) is 35.7 Å². The maximum Gasteiger partial charge on any atom is 0.269 e. The standard InChI is InChI=1S/C21H19FN4O2/c1-14-4-2-3-5-16(14)13-26-11-10-20(24-26)23-21(27)19-12-18(25-28-19)15-6-8-17(22)9-7-15/h2-11,19H,12-13H2,1H3,(H,23,24,27)/t19-/m1/s1. The van der Waals surface area contributed by atoms with Gasteiger partial charge in [-0.2, -0.15) is 5.10 Å². The van der Waals surface area contributed by atoms with Gasteiger partial charge < -0.3 is 10.2 Å². The van der Waals surface area contributed by atoms with E-state index in [4.69, 9.17) is 4.84 Å². The zero-order chi connectivity index (χ0) is 19.5. The van der Waals surface area contributed by atoms with Crippen LogP contribution in [0.1, 0.15) is 23.1 Å². The summed E-state index contributed by atoms with van der Waals surface area (Å²) in [5.41, 5.74) is 3.71. The van der Waals surface area contributed by atoms with Gasteiger partial charge in [0.2, 0.25) is 6.10 Å². The van der Waals surface area contributed by atoms with Gasteiger partial charge in [0, 0.05) is 18.7 Å². The van der Waals surface area contributed by atoms with Crippen molar-refractivity contribution < 1.29 is 14.0 Å². The smallest absolute Gasteiger partial charge is 0.269 e. The lowest BCUT2D eigenvalue weighted by Crippen LogP contribution is -2.28. The summed E-state index contributed by atoms with van der Waals surface area (Å²) in [6, 6.07) is 15.8. The quantitative estimate of drug-likeness (QED) is 0.739. The van der Waals surface area contributed by atoms with E-state index < -0.39 is 6.10 Å². The molecule has 3 aromatic rings. The van der Waals surface area contributed by atoms with Gasteiger partial charge in [-0.15, -0.1) is 0 Å². The fraction of sp³-hybridized carbons (Fsp3) is 0.190. The maximum atomic E-state index is 13.0.